The first kappa shape index (κ1) is 10.7. The fourth-order valence-electron chi connectivity index (χ4n) is 0.881. The average Bonchev–Trinajstić information content (AvgIpc) is 2.12. The first-order chi connectivity index (χ1) is 6.68. The van der Waals surface area contributed by atoms with Crippen molar-refractivity contribution in [3.05, 3.63) is 22.6 Å². The molecule has 0 unspecified atom stereocenters. The van der Waals surface area contributed by atoms with Crippen molar-refractivity contribution in [1.82, 2.24) is 10.2 Å². The second-order valence-electron chi connectivity index (χ2n) is 3.05. The van der Waals surface area contributed by atoms with Crippen LogP contribution in [0.1, 0.15) is 13.8 Å². The highest BCUT2D eigenvalue weighted by Crippen LogP contribution is 2.01. The molecule has 0 fully saturated rings. The predicted molar refractivity (Wildman–Crippen MR) is 51.4 cm³/mol. The highest BCUT2D eigenvalue weighted by molar-refractivity contribution is 5.12. The molecular weight excluding hydrogens is 184 g/mol. The van der Waals surface area contributed by atoms with E-state index < -0.39 is 0 Å². The molecule has 0 saturated heterocycles. The Hall–Kier alpha value is -1.36. The zero-order valence-corrected chi connectivity index (χ0v) is 8.32. The smallest absolute Gasteiger partial charge is 0.267 e. The minimum Gasteiger partial charge on any atom is -0.489 e. The number of ether oxygens (including phenoxy) is 2. The summed E-state index contributed by atoms with van der Waals surface area (Å²) in [4.78, 5) is 10.8. The summed E-state index contributed by atoms with van der Waals surface area (Å²) in [6, 6.07) is 1.35. The van der Waals surface area contributed by atoms with Gasteiger partial charge in [0, 0.05) is 6.07 Å². The SMILES string of the molecule is CC(C)OCCOc1cn[nH]c(=O)c1. The maximum atomic E-state index is 10.8. The summed E-state index contributed by atoms with van der Waals surface area (Å²) in [5.74, 6) is 0.459. The zero-order valence-electron chi connectivity index (χ0n) is 8.32. The van der Waals surface area contributed by atoms with E-state index in [9.17, 15) is 4.79 Å². The third kappa shape index (κ3) is 4.04. The second-order valence-corrected chi connectivity index (χ2v) is 3.05. The van der Waals surface area contributed by atoms with Crippen LogP contribution in [-0.4, -0.2) is 29.5 Å². The van der Waals surface area contributed by atoms with Crippen LogP contribution < -0.4 is 10.3 Å². The Morgan fingerprint density at radius 2 is 2.29 bits per heavy atom. The summed E-state index contributed by atoms with van der Waals surface area (Å²) >= 11 is 0. The van der Waals surface area contributed by atoms with E-state index >= 15 is 0 Å². The number of hydrogen-bond donors (Lipinski definition) is 1. The molecule has 0 aliphatic rings. The first-order valence-electron chi connectivity index (χ1n) is 4.47. The Balaban J connectivity index is 2.28. The lowest BCUT2D eigenvalue weighted by Crippen LogP contribution is -2.13. The van der Waals surface area contributed by atoms with Gasteiger partial charge in [0.2, 0.25) is 0 Å². The Morgan fingerprint density at radius 1 is 1.50 bits per heavy atom. The van der Waals surface area contributed by atoms with Gasteiger partial charge < -0.3 is 9.47 Å². The summed E-state index contributed by atoms with van der Waals surface area (Å²) in [5.41, 5.74) is -0.271. The maximum absolute atomic E-state index is 10.8. The van der Waals surface area contributed by atoms with Crippen molar-refractivity contribution in [3.8, 4) is 5.75 Å². The first-order valence-corrected chi connectivity index (χ1v) is 4.47. The van der Waals surface area contributed by atoms with E-state index in [0.29, 0.717) is 19.0 Å². The fourth-order valence-corrected chi connectivity index (χ4v) is 0.881. The van der Waals surface area contributed by atoms with Crippen LogP contribution in [-0.2, 0) is 4.74 Å². The van der Waals surface area contributed by atoms with E-state index in [0.717, 1.165) is 0 Å². The van der Waals surface area contributed by atoms with Gasteiger partial charge in [-0.2, -0.15) is 5.10 Å². The number of nitrogens with zero attached hydrogens (tertiary/aromatic N) is 1. The zero-order chi connectivity index (χ0) is 10.4. The van der Waals surface area contributed by atoms with Crippen molar-refractivity contribution in [2.24, 2.45) is 0 Å². The molecule has 0 aromatic carbocycles. The molecule has 1 aromatic rings. The second kappa shape index (κ2) is 5.39. The standard InChI is InChI=1S/C9H14N2O3/c1-7(2)13-3-4-14-8-5-9(12)11-10-6-8/h5-7H,3-4H2,1-2H3,(H,11,12). The van der Waals surface area contributed by atoms with Crippen LogP contribution in [0, 0.1) is 0 Å². The summed E-state index contributed by atoms with van der Waals surface area (Å²) in [6.07, 6.45) is 1.65. The number of aromatic amines is 1. The molecule has 5 heteroatoms. The van der Waals surface area contributed by atoms with Crippen LogP contribution in [0.15, 0.2) is 17.1 Å². The van der Waals surface area contributed by atoms with Crippen LogP contribution in [0.2, 0.25) is 0 Å². The molecule has 14 heavy (non-hydrogen) atoms. The van der Waals surface area contributed by atoms with E-state index in [2.05, 4.69) is 10.2 Å². The quantitative estimate of drug-likeness (QED) is 0.703. The summed E-state index contributed by atoms with van der Waals surface area (Å²) < 4.78 is 10.5. The van der Waals surface area contributed by atoms with Crippen molar-refractivity contribution in [1.29, 1.82) is 0 Å². The summed E-state index contributed by atoms with van der Waals surface area (Å²) in [6.45, 7) is 4.83. The molecule has 78 valence electrons. The number of hydrogen-bond acceptors (Lipinski definition) is 4. The van der Waals surface area contributed by atoms with E-state index in [1.807, 2.05) is 13.8 Å². The Morgan fingerprint density at radius 3 is 2.93 bits per heavy atom. The molecule has 0 aliphatic carbocycles. The van der Waals surface area contributed by atoms with Crippen LogP contribution in [0.3, 0.4) is 0 Å². The van der Waals surface area contributed by atoms with Gasteiger partial charge in [0.25, 0.3) is 5.56 Å². The van der Waals surface area contributed by atoms with E-state index in [-0.39, 0.29) is 11.7 Å². The number of rotatable bonds is 5. The van der Waals surface area contributed by atoms with Crippen LogP contribution >= 0.6 is 0 Å². The van der Waals surface area contributed by atoms with Gasteiger partial charge in [0.1, 0.15) is 12.4 Å². The van der Waals surface area contributed by atoms with E-state index in [4.69, 9.17) is 9.47 Å². The molecule has 0 atom stereocenters. The van der Waals surface area contributed by atoms with Gasteiger partial charge in [-0.15, -0.1) is 0 Å². The average molecular weight is 198 g/mol. The van der Waals surface area contributed by atoms with E-state index in [1.165, 1.54) is 12.3 Å². The maximum Gasteiger partial charge on any atom is 0.267 e. The molecule has 1 rings (SSSR count). The third-order valence-corrected chi connectivity index (χ3v) is 1.44. The Labute approximate surface area is 82.1 Å². The van der Waals surface area contributed by atoms with Gasteiger partial charge in [-0.05, 0) is 13.8 Å². The Bertz CT molecular complexity index is 322. The highest BCUT2D eigenvalue weighted by atomic mass is 16.5. The van der Waals surface area contributed by atoms with Gasteiger partial charge in [0.15, 0.2) is 0 Å². The van der Waals surface area contributed by atoms with Gasteiger partial charge in [-0.3, -0.25) is 4.79 Å². The number of aromatic nitrogens is 2. The van der Waals surface area contributed by atoms with Gasteiger partial charge in [-0.1, -0.05) is 0 Å². The molecule has 5 nitrogen and oxygen atoms in total. The fraction of sp³-hybridized carbons (Fsp3) is 0.556. The van der Waals surface area contributed by atoms with Crippen molar-refractivity contribution >= 4 is 0 Å². The Kier molecular flexibility index (Phi) is 4.12. The minimum absolute atomic E-state index is 0.191. The van der Waals surface area contributed by atoms with Gasteiger partial charge >= 0.3 is 0 Å². The number of H-pyrrole nitrogens is 1. The molecule has 0 radical (unpaired) electrons. The van der Waals surface area contributed by atoms with Crippen molar-refractivity contribution in [3.63, 3.8) is 0 Å². The molecular formula is C9H14N2O3. The van der Waals surface area contributed by atoms with Gasteiger partial charge in [0.05, 0.1) is 18.9 Å². The molecule has 0 aliphatic heterocycles. The van der Waals surface area contributed by atoms with Crippen LogP contribution in [0.5, 0.6) is 5.75 Å². The van der Waals surface area contributed by atoms with Crippen LogP contribution in [0.4, 0.5) is 0 Å². The molecule has 0 amide bonds. The van der Waals surface area contributed by atoms with Crippen molar-refractivity contribution < 1.29 is 9.47 Å². The largest absolute Gasteiger partial charge is 0.489 e. The lowest BCUT2D eigenvalue weighted by atomic mass is 10.5. The molecule has 0 spiro atoms. The molecule has 0 saturated carbocycles. The third-order valence-electron chi connectivity index (χ3n) is 1.44. The van der Waals surface area contributed by atoms with Gasteiger partial charge in [-0.25, -0.2) is 5.10 Å². The molecule has 1 aromatic heterocycles. The van der Waals surface area contributed by atoms with Crippen molar-refractivity contribution in [2.75, 3.05) is 13.2 Å². The molecule has 0 bridgehead atoms. The molecule has 1 N–H and O–H groups in total. The lowest BCUT2D eigenvalue weighted by Gasteiger charge is -2.08. The molecule has 1 heterocycles. The monoisotopic (exact) mass is 198 g/mol. The number of nitrogens with one attached hydrogen (secondary N) is 1. The topological polar surface area (TPSA) is 64.2 Å². The van der Waals surface area contributed by atoms with Crippen LogP contribution in [0.25, 0.3) is 0 Å². The van der Waals surface area contributed by atoms with E-state index in [1.54, 1.807) is 0 Å². The minimum atomic E-state index is -0.271. The van der Waals surface area contributed by atoms with Crippen molar-refractivity contribution in [2.45, 2.75) is 20.0 Å². The predicted octanol–water partition coefficient (Wildman–Crippen LogP) is 0.574. The lowest BCUT2D eigenvalue weighted by molar-refractivity contribution is 0.0551. The summed E-state index contributed by atoms with van der Waals surface area (Å²) in [7, 11) is 0. The normalized spacial score (nSPS) is 10.5. The summed E-state index contributed by atoms with van der Waals surface area (Å²) in [5, 5.41) is 5.86. The highest BCUT2D eigenvalue weighted by Gasteiger charge is 1.96.